The van der Waals surface area contributed by atoms with E-state index in [4.69, 9.17) is 9.15 Å². The molecule has 0 radical (unpaired) electrons. The molecule has 0 unspecified atom stereocenters. The summed E-state index contributed by atoms with van der Waals surface area (Å²) >= 11 is 0. The van der Waals surface area contributed by atoms with Crippen molar-refractivity contribution in [3.63, 3.8) is 0 Å². The number of hydrogen-bond donors (Lipinski definition) is 1. The molecule has 0 aliphatic heterocycles. The predicted octanol–water partition coefficient (Wildman–Crippen LogP) is 6.83. The van der Waals surface area contributed by atoms with E-state index in [9.17, 15) is 8.78 Å². The highest BCUT2D eigenvalue weighted by Gasteiger charge is 2.25. The lowest BCUT2D eigenvalue weighted by atomic mass is 9.76. The number of rotatable bonds is 6. The Morgan fingerprint density at radius 1 is 1.09 bits per heavy atom. The third-order valence-electron chi connectivity index (χ3n) is 6.76. The Balaban J connectivity index is 1.21. The molecule has 1 fully saturated rings. The number of nitrogens with one attached hydrogen (secondary N) is 1. The Morgan fingerprint density at radius 2 is 1.88 bits per heavy atom. The second kappa shape index (κ2) is 8.96. The number of fused-ring (bicyclic) bond motifs is 2. The van der Waals surface area contributed by atoms with Gasteiger partial charge in [0, 0.05) is 17.6 Å². The fraction of sp³-hybridized carbons (Fsp3) is 0.385. The van der Waals surface area contributed by atoms with Gasteiger partial charge in [-0.05, 0) is 92.8 Å². The van der Waals surface area contributed by atoms with Crippen LogP contribution in [0.1, 0.15) is 50.5 Å². The summed E-state index contributed by atoms with van der Waals surface area (Å²) in [5.41, 5.74) is 2.62. The van der Waals surface area contributed by atoms with Crippen LogP contribution in [0.25, 0.3) is 22.0 Å². The predicted molar refractivity (Wildman–Crippen MR) is 125 cm³/mol. The Labute approximate surface area is 191 Å². The van der Waals surface area contributed by atoms with Gasteiger partial charge in [0.15, 0.2) is 11.3 Å². The fourth-order valence-electron chi connectivity index (χ4n) is 5.14. The van der Waals surface area contributed by atoms with Gasteiger partial charge in [-0.15, -0.1) is 0 Å². The lowest BCUT2D eigenvalue weighted by Crippen LogP contribution is -2.23. The molecule has 4 aromatic rings. The Kier molecular flexibility index (Phi) is 5.87. The number of nitrogens with zero attached hydrogens (tertiary/aromatic N) is 2. The third-order valence-corrected chi connectivity index (χ3v) is 6.76. The van der Waals surface area contributed by atoms with Crippen LogP contribution in [0.4, 0.5) is 14.8 Å². The number of halogens is 2. The number of oxazole rings is 1. The molecule has 1 aliphatic carbocycles. The molecule has 0 bridgehead atoms. The van der Waals surface area contributed by atoms with E-state index >= 15 is 0 Å². The molecule has 1 saturated carbocycles. The molecule has 2 aromatic heterocycles. The van der Waals surface area contributed by atoms with Crippen molar-refractivity contribution in [2.45, 2.75) is 51.0 Å². The lowest BCUT2D eigenvalue weighted by molar-refractivity contribution is 0.301. The summed E-state index contributed by atoms with van der Waals surface area (Å²) in [6.45, 7) is 2.09. The molecule has 0 spiro atoms. The molecule has 0 saturated heterocycles. The average molecular weight is 452 g/mol. The first-order chi connectivity index (χ1) is 16.0. The maximum absolute atomic E-state index is 14.4. The highest BCUT2D eigenvalue weighted by Crippen LogP contribution is 2.40. The van der Waals surface area contributed by atoms with Crippen molar-refractivity contribution in [3.05, 3.63) is 59.8 Å². The maximum atomic E-state index is 14.4. The molecule has 33 heavy (non-hydrogen) atoms. The van der Waals surface area contributed by atoms with Gasteiger partial charge in [0.05, 0.1) is 12.6 Å². The van der Waals surface area contributed by atoms with Crippen LogP contribution in [0.2, 0.25) is 0 Å². The number of ether oxygens (including phenoxy) is 1. The van der Waals surface area contributed by atoms with Crippen molar-refractivity contribution in [2.75, 3.05) is 12.4 Å². The molecular weight excluding hydrogens is 424 g/mol. The molecule has 5 nitrogen and oxygen atoms in total. The highest BCUT2D eigenvalue weighted by atomic mass is 19.1. The van der Waals surface area contributed by atoms with Crippen LogP contribution >= 0.6 is 0 Å². The average Bonchev–Trinajstić information content (AvgIpc) is 3.23. The van der Waals surface area contributed by atoms with Gasteiger partial charge in [0.2, 0.25) is 5.82 Å². The zero-order chi connectivity index (χ0) is 22.9. The second-order valence-corrected chi connectivity index (χ2v) is 9.01. The van der Waals surface area contributed by atoms with Crippen molar-refractivity contribution in [1.82, 2.24) is 9.97 Å². The monoisotopic (exact) mass is 451 g/mol. The minimum absolute atomic E-state index is 0.102. The van der Waals surface area contributed by atoms with E-state index in [1.807, 2.05) is 12.3 Å². The normalized spacial score (nSPS) is 19.6. The highest BCUT2D eigenvalue weighted by molar-refractivity contribution is 5.82. The number of anilines is 1. The van der Waals surface area contributed by atoms with Gasteiger partial charge in [-0.1, -0.05) is 0 Å². The molecule has 7 heteroatoms. The summed E-state index contributed by atoms with van der Waals surface area (Å²) in [5.74, 6) is 0.384. The van der Waals surface area contributed by atoms with Crippen LogP contribution in [0.15, 0.2) is 47.0 Å². The smallest absolute Gasteiger partial charge is 0.296 e. The second-order valence-electron chi connectivity index (χ2n) is 9.01. The van der Waals surface area contributed by atoms with Gasteiger partial charge in [0.25, 0.3) is 6.01 Å². The summed E-state index contributed by atoms with van der Waals surface area (Å²) in [6.07, 6.45) is 7.15. The first-order valence-electron chi connectivity index (χ1n) is 11.5. The van der Waals surface area contributed by atoms with Crippen LogP contribution in [0.3, 0.4) is 0 Å². The quantitative estimate of drug-likeness (QED) is 0.348. The zero-order valence-electron chi connectivity index (χ0n) is 18.8. The van der Waals surface area contributed by atoms with Crippen molar-refractivity contribution < 1.29 is 17.9 Å². The Morgan fingerprint density at radius 3 is 2.67 bits per heavy atom. The van der Waals surface area contributed by atoms with Gasteiger partial charge in [-0.2, -0.15) is 9.37 Å². The van der Waals surface area contributed by atoms with Gasteiger partial charge in [0.1, 0.15) is 11.3 Å². The molecule has 1 atom stereocenters. The molecule has 1 aliphatic rings. The molecule has 0 amide bonds. The van der Waals surface area contributed by atoms with E-state index in [-0.39, 0.29) is 23.2 Å². The summed E-state index contributed by atoms with van der Waals surface area (Å²) in [5, 5.41) is 4.21. The molecule has 2 heterocycles. The van der Waals surface area contributed by atoms with Gasteiger partial charge < -0.3 is 14.5 Å². The van der Waals surface area contributed by atoms with E-state index in [1.54, 1.807) is 24.3 Å². The lowest BCUT2D eigenvalue weighted by Gasteiger charge is -2.31. The van der Waals surface area contributed by atoms with Gasteiger partial charge in [-0.25, -0.2) is 4.39 Å². The molecule has 2 aromatic carbocycles. The maximum Gasteiger partial charge on any atom is 0.296 e. The zero-order valence-corrected chi connectivity index (χ0v) is 18.8. The van der Waals surface area contributed by atoms with Crippen molar-refractivity contribution >= 4 is 28.0 Å². The number of pyridine rings is 1. The third kappa shape index (κ3) is 4.36. The SMILES string of the molecule is COc1ccc2nc(N[C@H](C)C[C@H]3CC[C@@H](c4ccnc5ccc(F)cc54)CC3)oc2c1F. The topological polar surface area (TPSA) is 60.2 Å². The van der Waals surface area contributed by atoms with Crippen LogP contribution in [0.5, 0.6) is 5.75 Å². The number of aromatic nitrogens is 2. The summed E-state index contributed by atoms with van der Waals surface area (Å²) in [7, 11) is 1.42. The first-order valence-corrected chi connectivity index (χ1v) is 11.5. The van der Waals surface area contributed by atoms with Crippen LogP contribution in [-0.4, -0.2) is 23.1 Å². The van der Waals surface area contributed by atoms with Gasteiger partial charge >= 0.3 is 0 Å². The van der Waals surface area contributed by atoms with Crippen LogP contribution in [-0.2, 0) is 0 Å². The van der Waals surface area contributed by atoms with Crippen molar-refractivity contribution in [2.24, 2.45) is 5.92 Å². The first kappa shape index (κ1) is 21.6. The van der Waals surface area contributed by atoms with Crippen LogP contribution < -0.4 is 10.1 Å². The minimum atomic E-state index is -0.537. The molecule has 1 N–H and O–H groups in total. The summed E-state index contributed by atoms with van der Waals surface area (Å²) in [4.78, 5) is 8.74. The summed E-state index contributed by atoms with van der Waals surface area (Å²) < 4.78 is 38.8. The Hall–Kier alpha value is -3.22. The van der Waals surface area contributed by atoms with Crippen molar-refractivity contribution in [1.29, 1.82) is 0 Å². The van der Waals surface area contributed by atoms with E-state index < -0.39 is 5.82 Å². The fourth-order valence-corrected chi connectivity index (χ4v) is 5.14. The number of benzene rings is 2. The van der Waals surface area contributed by atoms with Gasteiger partial charge in [-0.3, -0.25) is 4.98 Å². The number of hydrogen-bond acceptors (Lipinski definition) is 5. The van der Waals surface area contributed by atoms with E-state index in [1.165, 1.54) is 18.7 Å². The largest absolute Gasteiger partial charge is 0.494 e. The van der Waals surface area contributed by atoms with Crippen LogP contribution in [0, 0.1) is 17.6 Å². The van der Waals surface area contributed by atoms with E-state index in [0.717, 1.165) is 43.0 Å². The van der Waals surface area contributed by atoms with E-state index in [2.05, 4.69) is 22.2 Å². The molecular formula is C26H27F2N3O2. The van der Waals surface area contributed by atoms with E-state index in [0.29, 0.717) is 23.4 Å². The Bertz CT molecular complexity index is 1280. The summed E-state index contributed by atoms with van der Waals surface area (Å²) in [6, 6.07) is 10.6. The standard InChI is InChI=1S/C26H27F2N3O2/c1-15(30-26-31-22-9-10-23(32-2)24(28)25(22)33-26)13-16-3-5-17(6-4-16)19-11-12-29-21-8-7-18(27)14-20(19)21/h7-12,14-17H,3-6,13H2,1-2H3,(H,30,31)/t15-,16-,17+/m1/s1. The molecule has 172 valence electrons. The minimum Gasteiger partial charge on any atom is -0.494 e. The number of methoxy groups -OCH3 is 1. The molecule has 5 rings (SSSR count). The van der Waals surface area contributed by atoms with Crippen molar-refractivity contribution in [3.8, 4) is 5.75 Å².